The molecule has 0 radical (unpaired) electrons. The summed E-state index contributed by atoms with van der Waals surface area (Å²) in [6.45, 7) is 0.312. The van der Waals surface area contributed by atoms with E-state index in [-0.39, 0.29) is 5.91 Å². The van der Waals surface area contributed by atoms with Crippen LogP contribution in [-0.4, -0.2) is 42.9 Å². The highest BCUT2D eigenvalue weighted by Crippen LogP contribution is 2.21. The number of carbonyl (C=O) groups excluding carboxylic acids is 1. The van der Waals surface area contributed by atoms with E-state index in [1.807, 2.05) is 66.2 Å². The molecule has 4 rings (SSSR count). The van der Waals surface area contributed by atoms with Crippen molar-refractivity contribution in [2.24, 2.45) is 12.8 Å². The molecule has 0 bridgehead atoms. The molecule has 33 heavy (non-hydrogen) atoms. The van der Waals surface area contributed by atoms with E-state index in [0.717, 1.165) is 16.5 Å². The number of rotatable bonds is 4. The zero-order valence-corrected chi connectivity index (χ0v) is 17.2. The van der Waals surface area contributed by atoms with Gasteiger partial charge in [0.2, 0.25) is 0 Å². The molecule has 2 aromatic heterocycles. The third-order valence-corrected chi connectivity index (χ3v) is 4.55. The largest absolute Gasteiger partial charge is 0.490 e. The first-order valence-electron chi connectivity index (χ1n) is 9.48. The summed E-state index contributed by atoms with van der Waals surface area (Å²) in [6.07, 6.45) is -5.08. The molecule has 1 amide bonds. The van der Waals surface area contributed by atoms with Gasteiger partial charge >= 0.3 is 12.1 Å². The summed E-state index contributed by atoms with van der Waals surface area (Å²) in [5.74, 6) is -1.70. The summed E-state index contributed by atoms with van der Waals surface area (Å²) in [6, 6.07) is 17.2. The SMILES string of the molecule is Cn1c(C(=O)Nc2ccc(-c3n[nH]c(CN)n3)cc2)cc2ccccc21.O=C(O)C(F)(F)F. The van der Waals surface area contributed by atoms with Crippen LogP contribution >= 0.6 is 0 Å². The molecular formula is C21H19F3N6O3. The average molecular weight is 460 g/mol. The number of nitrogens with one attached hydrogen (secondary N) is 2. The number of nitrogens with zero attached hydrogens (tertiary/aromatic N) is 3. The number of hydrogen-bond acceptors (Lipinski definition) is 5. The van der Waals surface area contributed by atoms with Gasteiger partial charge in [0.25, 0.3) is 5.91 Å². The van der Waals surface area contributed by atoms with Gasteiger partial charge in [-0.2, -0.15) is 18.3 Å². The molecule has 0 aliphatic heterocycles. The van der Waals surface area contributed by atoms with Gasteiger partial charge in [0.15, 0.2) is 5.82 Å². The number of amides is 1. The summed E-state index contributed by atoms with van der Waals surface area (Å²) < 4.78 is 33.6. The highest BCUT2D eigenvalue weighted by molar-refractivity contribution is 6.06. The van der Waals surface area contributed by atoms with Crippen LogP contribution in [-0.2, 0) is 18.4 Å². The Kier molecular flexibility index (Phi) is 6.78. The molecule has 0 atom stereocenters. The average Bonchev–Trinajstić information content (AvgIpc) is 3.39. The van der Waals surface area contributed by atoms with Crippen molar-refractivity contribution in [3.63, 3.8) is 0 Å². The minimum Gasteiger partial charge on any atom is -0.475 e. The highest BCUT2D eigenvalue weighted by Gasteiger charge is 2.38. The van der Waals surface area contributed by atoms with Gasteiger partial charge in [-0.25, -0.2) is 9.78 Å². The first kappa shape index (κ1) is 23.5. The van der Waals surface area contributed by atoms with Crippen molar-refractivity contribution in [1.29, 1.82) is 0 Å². The lowest BCUT2D eigenvalue weighted by atomic mass is 10.2. The molecule has 5 N–H and O–H groups in total. The summed E-state index contributed by atoms with van der Waals surface area (Å²) in [5, 5.41) is 18.0. The second kappa shape index (κ2) is 9.53. The van der Waals surface area contributed by atoms with Crippen LogP contribution in [0.3, 0.4) is 0 Å². The maximum atomic E-state index is 12.6. The minimum absolute atomic E-state index is 0.153. The Morgan fingerprint density at radius 2 is 1.79 bits per heavy atom. The zero-order valence-electron chi connectivity index (χ0n) is 17.2. The van der Waals surface area contributed by atoms with Crippen molar-refractivity contribution in [1.82, 2.24) is 19.7 Å². The molecule has 9 nitrogen and oxygen atoms in total. The monoisotopic (exact) mass is 460 g/mol. The lowest BCUT2D eigenvalue weighted by Crippen LogP contribution is -2.21. The third-order valence-electron chi connectivity index (χ3n) is 4.55. The van der Waals surface area contributed by atoms with Gasteiger partial charge < -0.3 is 20.7 Å². The van der Waals surface area contributed by atoms with E-state index in [4.69, 9.17) is 15.6 Å². The van der Waals surface area contributed by atoms with Gasteiger partial charge in [0.1, 0.15) is 11.5 Å². The van der Waals surface area contributed by atoms with Gasteiger partial charge in [0.05, 0.1) is 6.54 Å². The van der Waals surface area contributed by atoms with Crippen LogP contribution in [0.2, 0.25) is 0 Å². The lowest BCUT2D eigenvalue weighted by molar-refractivity contribution is -0.192. The van der Waals surface area contributed by atoms with Gasteiger partial charge in [0, 0.05) is 29.2 Å². The number of H-pyrrole nitrogens is 1. The molecule has 0 saturated carbocycles. The van der Waals surface area contributed by atoms with E-state index in [9.17, 15) is 18.0 Å². The summed E-state index contributed by atoms with van der Waals surface area (Å²) in [7, 11) is 1.89. The number of carboxylic acids is 1. The molecule has 0 fully saturated rings. The molecule has 2 heterocycles. The number of benzene rings is 2. The number of aryl methyl sites for hydroxylation is 1. The van der Waals surface area contributed by atoms with Gasteiger partial charge in [-0.15, -0.1) is 0 Å². The minimum atomic E-state index is -5.08. The number of carboxylic acid groups (broad SMARTS) is 1. The molecule has 0 aliphatic rings. The van der Waals surface area contributed by atoms with Crippen LogP contribution in [0.5, 0.6) is 0 Å². The topological polar surface area (TPSA) is 139 Å². The van der Waals surface area contributed by atoms with E-state index in [1.165, 1.54) is 0 Å². The molecule has 0 saturated heterocycles. The van der Waals surface area contributed by atoms with Crippen molar-refractivity contribution in [3.8, 4) is 11.4 Å². The lowest BCUT2D eigenvalue weighted by Gasteiger charge is -2.07. The van der Waals surface area contributed by atoms with Crippen molar-refractivity contribution in [2.45, 2.75) is 12.7 Å². The van der Waals surface area contributed by atoms with Crippen molar-refractivity contribution >= 4 is 28.5 Å². The number of carbonyl (C=O) groups is 2. The number of hydrogen-bond donors (Lipinski definition) is 4. The van der Waals surface area contributed by atoms with Crippen LogP contribution in [0.4, 0.5) is 18.9 Å². The molecule has 0 unspecified atom stereocenters. The van der Waals surface area contributed by atoms with Crippen LogP contribution in [0.25, 0.3) is 22.3 Å². The molecule has 4 aromatic rings. The fourth-order valence-electron chi connectivity index (χ4n) is 2.92. The summed E-state index contributed by atoms with van der Waals surface area (Å²) in [4.78, 5) is 25.8. The number of para-hydroxylation sites is 1. The normalized spacial score (nSPS) is 11.1. The van der Waals surface area contributed by atoms with Crippen LogP contribution in [0.1, 0.15) is 16.3 Å². The van der Waals surface area contributed by atoms with Crippen LogP contribution in [0.15, 0.2) is 54.6 Å². The third kappa shape index (κ3) is 5.54. The molecular weight excluding hydrogens is 441 g/mol. The Hall–Kier alpha value is -4.19. The number of alkyl halides is 3. The Morgan fingerprint density at radius 3 is 2.33 bits per heavy atom. The standard InChI is InChI=1S/C19H18N6O.C2HF3O2/c1-25-15-5-3-2-4-13(15)10-16(25)19(26)21-14-8-6-12(7-9-14)18-22-17(11-20)23-24-18;3-2(4,5)1(6)7/h2-10H,11,20H2,1H3,(H,21,26)(H,22,23,24);(H,6,7). The maximum Gasteiger partial charge on any atom is 0.490 e. The first-order chi connectivity index (χ1) is 15.6. The van der Waals surface area contributed by atoms with E-state index < -0.39 is 12.1 Å². The second-order valence-corrected chi connectivity index (χ2v) is 6.79. The van der Waals surface area contributed by atoms with Gasteiger partial charge in [-0.3, -0.25) is 9.89 Å². The Labute approximate surface area is 185 Å². The number of halogens is 3. The van der Waals surface area contributed by atoms with Crippen molar-refractivity contribution in [3.05, 3.63) is 66.1 Å². The predicted molar refractivity (Wildman–Crippen MR) is 114 cm³/mol. The fraction of sp³-hybridized carbons (Fsp3) is 0.143. The number of fused-ring (bicyclic) bond motifs is 1. The Bertz CT molecular complexity index is 1280. The number of nitrogens with two attached hydrogens (primary N) is 1. The molecule has 12 heteroatoms. The summed E-state index contributed by atoms with van der Waals surface area (Å²) in [5.41, 5.74) is 8.72. The highest BCUT2D eigenvalue weighted by atomic mass is 19.4. The van der Waals surface area contributed by atoms with E-state index in [1.54, 1.807) is 0 Å². The van der Waals surface area contributed by atoms with Gasteiger partial charge in [-0.05, 0) is 36.4 Å². The molecule has 0 aliphatic carbocycles. The first-order valence-corrected chi connectivity index (χ1v) is 9.48. The number of aliphatic carboxylic acids is 1. The Balaban J connectivity index is 0.000000383. The molecule has 0 spiro atoms. The van der Waals surface area contributed by atoms with Crippen molar-refractivity contribution in [2.75, 3.05) is 5.32 Å². The van der Waals surface area contributed by atoms with Crippen LogP contribution in [0, 0.1) is 0 Å². The molecule has 172 valence electrons. The van der Waals surface area contributed by atoms with Crippen molar-refractivity contribution < 1.29 is 27.9 Å². The summed E-state index contributed by atoms with van der Waals surface area (Å²) >= 11 is 0. The zero-order chi connectivity index (χ0) is 24.2. The van der Waals surface area contributed by atoms with Gasteiger partial charge in [-0.1, -0.05) is 18.2 Å². The van der Waals surface area contributed by atoms with E-state index in [0.29, 0.717) is 29.6 Å². The maximum absolute atomic E-state index is 12.6. The quantitative estimate of drug-likeness (QED) is 0.369. The smallest absolute Gasteiger partial charge is 0.475 e. The van der Waals surface area contributed by atoms with Crippen LogP contribution < -0.4 is 11.1 Å². The predicted octanol–water partition coefficient (Wildman–Crippen LogP) is 3.31. The number of aromatic nitrogens is 4. The fourth-order valence-corrected chi connectivity index (χ4v) is 2.92. The number of aromatic amines is 1. The number of anilines is 1. The van der Waals surface area contributed by atoms with E-state index >= 15 is 0 Å². The molecule has 2 aromatic carbocycles. The Morgan fingerprint density at radius 1 is 1.15 bits per heavy atom. The van der Waals surface area contributed by atoms with E-state index in [2.05, 4.69) is 20.5 Å². The second-order valence-electron chi connectivity index (χ2n) is 6.79.